The molecule has 0 aromatic heterocycles. The van der Waals surface area contributed by atoms with Crippen LogP contribution in [0, 0.1) is 0 Å². The molecule has 0 saturated heterocycles. The summed E-state index contributed by atoms with van der Waals surface area (Å²) in [5.41, 5.74) is -0.0292. The first-order valence-electron chi connectivity index (χ1n) is 8.45. The van der Waals surface area contributed by atoms with Crippen LogP contribution in [0.25, 0.3) is 0 Å². The number of nitrogens with one attached hydrogen (secondary N) is 3. The van der Waals surface area contributed by atoms with Gasteiger partial charge in [0, 0.05) is 12.1 Å². The number of imide groups is 1. The van der Waals surface area contributed by atoms with Crippen molar-refractivity contribution in [2.75, 3.05) is 6.61 Å². The Morgan fingerprint density at radius 1 is 1.15 bits per heavy atom. The van der Waals surface area contributed by atoms with Crippen LogP contribution < -0.4 is 15.4 Å². The summed E-state index contributed by atoms with van der Waals surface area (Å²) >= 11 is 0. The Bertz CT molecular complexity index is 792. The number of urea groups is 1. The van der Waals surface area contributed by atoms with Crippen LogP contribution in [0.15, 0.2) is 29.2 Å². The van der Waals surface area contributed by atoms with Gasteiger partial charge in [-0.1, -0.05) is 13.0 Å². The summed E-state index contributed by atoms with van der Waals surface area (Å²) in [5, 5.41) is 4.57. The van der Waals surface area contributed by atoms with Gasteiger partial charge in [0.15, 0.2) is 6.61 Å². The molecule has 27 heavy (non-hydrogen) atoms. The highest BCUT2D eigenvalue weighted by Crippen LogP contribution is 2.13. The molecule has 0 radical (unpaired) electrons. The Morgan fingerprint density at radius 3 is 2.41 bits per heavy atom. The van der Waals surface area contributed by atoms with Crippen molar-refractivity contribution in [1.82, 2.24) is 15.4 Å². The molecule has 0 saturated carbocycles. The first kappa shape index (κ1) is 22.6. The zero-order chi connectivity index (χ0) is 20.6. The Kier molecular flexibility index (Phi) is 8.38. The number of carbonyl (C=O) groups is 3. The van der Waals surface area contributed by atoms with Crippen molar-refractivity contribution in [3.8, 4) is 0 Å². The van der Waals surface area contributed by atoms with E-state index >= 15 is 0 Å². The van der Waals surface area contributed by atoms with Crippen LogP contribution in [0.4, 0.5) is 4.79 Å². The molecule has 0 fully saturated rings. The van der Waals surface area contributed by atoms with E-state index in [1.54, 1.807) is 20.8 Å². The summed E-state index contributed by atoms with van der Waals surface area (Å²) in [7, 11) is -3.77. The minimum atomic E-state index is -3.77. The molecule has 3 N–H and O–H groups in total. The lowest BCUT2D eigenvalue weighted by atomic mass is 10.2. The van der Waals surface area contributed by atoms with Crippen LogP contribution in [0.5, 0.6) is 0 Å². The van der Waals surface area contributed by atoms with Crippen LogP contribution in [0.1, 0.15) is 44.5 Å². The van der Waals surface area contributed by atoms with Gasteiger partial charge in [-0.15, -0.1) is 0 Å². The largest absolute Gasteiger partial charge is 0.452 e. The molecule has 1 atom stereocenters. The van der Waals surface area contributed by atoms with E-state index in [1.165, 1.54) is 18.2 Å². The van der Waals surface area contributed by atoms with Crippen molar-refractivity contribution in [1.29, 1.82) is 0 Å². The third-order valence-corrected chi connectivity index (χ3v) is 5.00. The number of carbonyl (C=O) groups excluding carboxylic acids is 3. The highest BCUT2D eigenvalue weighted by molar-refractivity contribution is 7.89. The van der Waals surface area contributed by atoms with E-state index in [0.717, 1.165) is 6.07 Å². The average Bonchev–Trinajstić information content (AvgIpc) is 2.58. The standard InChI is InChI=1S/C17H25N3O6S/c1-5-12(4)18-17(23)19-15(21)10-26-16(22)13-7-6-8-14(9-13)27(24,25)20-11(2)3/h6-9,11-12,20H,5,10H2,1-4H3,(H2,18,19,21,23)/t12-/m0/s1. The molecule has 0 aliphatic heterocycles. The minimum absolute atomic E-state index is 0.0292. The van der Waals surface area contributed by atoms with Crippen LogP contribution in [0.2, 0.25) is 0 Å². The van der Waals surface area contributed by atoms with Crippen molar-refractivity contribution >= 4 is 27.9 Å². The molecular formula is C17H25N3O6S. The van der Waals surface area contributed by atoms with Crippen LogP contribution in [-0.4, -0.2) is 45.0 Å². The molecule has 0 spiro atoms. The minimum Gasteiger partial charge on any atom is -0.452 e. The molecule has 9 nitrogen and oxygen atoms in total. The molecular weight excluding hydrogens is 374 g/mol. The Morgan fingerprint density at radius 2 is 1.81 bits per heavy atom. The predicted octanol–water partition coefficient (Wildman–Crippen LogP) is 1.15. The Hall–Kier alpha value is -2.46. The summed E-state index contributed by atoms with van der Waals surface area (Å²) in [6.45, 7) is 6.32. The van der Waals surface area contributed by atoms with Gasteiger partial charge in [-0.25, -0.2) is 22.7 Å². The SMILES string of the molecule is CC[C@H](C)NC(=O)NC(=O)COC(=O)c1cccc(S(=O)(=O)NC(C)C)c1. The fourth-order valence-electron chi connectivity index (χ4n) is 1.91. The maximum Gasteiger partial charge on any atom is 0.338 e. The summed E-state index contributed by atoms with van der Waals surface area (Å²) < 4.78 is 31.5. The normalized spacial score (nSPS) is 12.3. The Balaban J connectivity index is 2.67. The van der Waals surface area contributed by atoms with Gasteiger partial charge < -0.3 is 10.1 Å². The monoisotopic (exact) mass is 399 g/mol. The summed E-state index contributed by atoms with van der Waals surface area (Å²) in [6.07, 6.45) is 0.696. The summed E-state index contributed by atoms with van der Waals surface area (Å²) in [5.74, 6) is -1.68. The van der Waals surface area contributed by atoms with E-state index in [9.17, 15) is 22.8 Å². The topological polar surface area (TPSA) is 131 Å². The number of hydrogen-bond acceptors (Lipinski definition) is 6. The molecule has 0 heterocycles. The van der Waals surface area contributed by atoms with E-state index in [1.807, 2.05) is 12.2 Å². The number of amides is 3. The van der Waals surface area contributed by atoms with Gasteiger partial charge in [-0.2, -0.15) is 0 Å². The van der Waals surface area contributed by atoms with Gasteiger partial charge in [0.1, 0.15) is 0 Å². The zero-order valence-electron chi connectivity index (χ0n) is 15.7. The van der Waals surface area contributed by atoms with Gasteiger partial charge in [0.25, 0.3) is 5.91 Å². The molecule has 10 heteroatoms. The lowest BCUT2D eigenvalue weighted by Crippen LogP contribution is -2.44. The van der Waals surface area contributed by atoms with Crippen molar-refractivity contribution in [2.45, 2.75) is 51.1 Å². The van der Waals surface area contributed by atoms with E-state index < -0.39 is 34.5 Å². The van der Waals surface area contributed by atoms with Gasteiger partial charge >= 0.3 is 12.0 Å². The van der Waals surface area contributed by atoms with E-state index in [-0.39, 0.29) is 22.5 Å². The van der Waals surface area contributed by atoms with Crippen LogP contribution in [-0.2, 0) is 19.6 Å². The first-order chi connectivity index (χ1) is 12.5. The Labute approximate surface area is 158 Å². The van der Waals surface area contributed by atoms with Gasteiger partial charge in [-0.3, -0.25) is 10.1 Å². The van der Waals surface area contributed by atoms with Crippen molar-refractivity contribution < 1.29 is 27.5 Å². The first-order valence-corrected chi connectivity index (χ1v) is 9.93. The molecule has 0 aliphatic rings. The van der Waals surface area contributed by atoms with E-state index in [4.69, 9.17) is 4.74 Å². The number of rotatable bonds is 8. The second-order valence-electron chi connectivity index (χ2n) is 6.21. The number of ether oxygens (including phenoxy) is 1. The molecule has 150 valence electrons. The molecule has 0 aliphatic carbocycles. The highest BCUT2D eigenvalue weighted by atomic mass is 32.2. The van der Waals surface area contributed by atoms with E-state index in [2.05, 4.69) is 10.0 Å². The van der Waals surface area contributed by atoms with Crippen molar-refractivity contribution in [3.63, 3.8) is 0 Å². The summed E-state index contributed by atoms with van der Waals surface area (Å²) in [4.78, 5) is 35.1. The van der Waals surface area contributed by atoms with Crippen LogP contribution in [0.3, 0.4) is 0 Å². The smallest absolute Gasteiger partial charge is 0.338 e. The van der Waals surface area contributed by atoms with Crippen molar-refractivity contribution in [2.24, 2.45) is 0 Å². The molecule has 0 bridgehead atoms. The van der Waals surface area contributed by atoms with Gasteiger partial charge in [-0.05, 0) is 45.4 Å². The predicted molar refractivity (Wildman–Crippen MR) is 98.6 cm³/mol. The lowest BCUT2D eigenvalue weighted by molar-refractivity contribution is -0.123. The third kappa shape index (κ3) is 7.75. The number of esters is 1. The zero-order valence-corrected chi connectivity index (χ0v) is 16.6. The number of hydrogen-bond donors (Lipinski definition) is 3. The van der Waals surface area contributed by atoms with Gasteiger partial charge in [0.05, 0.1) is 10.5 Å². The van der Waals surface area contributed by atoms with Crippen LogP contribution >= 0.6 is 0 Å². The molecule has 0 unspecified atom stereocenters. The molecule has 3 amide bonds. The maximum atomic E-state index is 12.1. The second-order valence-corrected chi connectivity index (χ2v) is 7.92. The summed E-state index contributed by atoms with van der Waals surface area (Å²) in [6, 6.07) is 4.15. The molecule has 1 rings (SSSR count). The number of sulfonamides is 1. The lowest BCUT2D eigenvalue weighted by Gasteiger charge is -2.12. The molecule has 1 aromatic carbocycles. The second kappa shape index (κ2) is 10.0. The van der Waals surface area contributed by atoms with Gasteiger partial charge in [0.2, 0.25) is 10.0 Å². The maximum absolute atomic E-state index is 12.1. The quantitative estimate of drug-likeness (QED) is 0.562. The third-order valence-electron chi connectivity index (χ3n) is 3.35. The van der Waals surface area contributed by atoms with E-state index in [0.29, 0.717) is 6.42 Å². The highest BCUT2D eigenvalue weighted by Gasteiger charge is 2.18. The fraction of sp³-hybridized carbons (Fsp3) is 0.471. The number of benzene rings is 1. The average molecular weight is 399 g/mol. The molecule has 1 aromatic rings. The fourth-order valence-corrected chi connectivity index (χ4v) is 3.20. The van der Waals surface area contributed by atoms with Crippen molar-refractivity contribution in [3.05, 3.63) is 29.8 Å².